The lowest BCUT2D eigenvalue weighted by molar-refractivity contribution is -0.192. The second-order valence-electron chi connectivity index (χ2n) is 5.65. The molecule has 2 aromatic rings. The van der Waals surface area contributed by atoms with Crippen LogP contribution in [0.4, 0.5) is 24.5 Å². The molecule has 128 valence electrons. The summed E-state index contributed by atoms with van der Waals surface area (Å²) < 4.78 is 49.7. The molecule has 0 N–H and O–H groups in total. The molecule has 3 nitrogen and oxygen atoms in total. The molecule has 7 heteroatoms. The van der Waals surface area contributed by atoms with Gasteiger partial charge in [0.15, 0.2) is 0 Å². The SMILES string of the molecule is CCCOCC1(C(F)(F)F)c2ccccc2N(Cl)c2cnccc21. The Labute approximate surface area is 143 Å². The van der Waals surface area contributed by atoms with E-state index in [0.29, 0.717) is 6.42 Å². The summed E-state index contributed by atoms with van der Waals surface area (Å²) in [6.45, 7) is 1.61. The number of fused-ring (bicyclic) bond motifs is 2. The summed E-state index contributed by atoms with van der Waals surface area (Å²) in [5.74, 6) is 0. The van der Waals surface area contributed by atoms with Gasteiger partial charge < -0.3 is 4.74 Å². The smallest absolute Gasteiger partial charge is 0.380 e. The quantitative estimate of drug-likeness (QED) is 0.571. The number of halogens is 4. The van der Waals surface area contributed by atoms with Gasteiger partial charge in [-0.05, 0) is 24.1 Å². The molecule has 0 aliphatic carbocycles. The van der Waals surface area contributed by atoms with Crippen LogP contribution in [0.25, 0.3) is 0 Å². The van der Waals surface area contributed by atoms with Crippen molar-refractivity contribution in [3.8, 4) is 0 Å². The fourth-order valence-corrected chi connectivity index (χ4v) is 3.38. The molecule has 1 aliphatic rings. The van der Waals surface area contributed by atoms with Crippen molar-refractivity contribution in [2.45, 2.75) is 24.9 Å². The number of rotatable bonds is 4. The molecule has 24 heavy (non-hydrogen) atoms. The number of anilines is 2. The highest BCUT2D eigenvalue weighted by atomic mass is 35.5. The van der Waals surface area contributed by atoms with E-state index in [2.05, 4.69) is 4.98 Å². The fraction of sp³-hybridized carbons (Fsp3) is 0.353. The van der Waals surface area contributed by atoms with E-state index in [1.54, 1.807) is 18.2 Å². The van der Waals surface area contributed by atoms with Gasteiger partial charge in [-0.15, -0.1) is 0 Å². The lowest BCUT2D eigenvalue weighted by atomic mass is 9.71. The van der Waals surface area contributed by atoms with Crippen molar-refractivity contribution in [1.29, 1.82) is 0 Å². The first-order valence-corrected chi connectivity index (χ1v) is 7.91. The van der Waals surface area contributed by atoms with Gasteiger partial charge in [-0.3, -0.25) is 9.40 Å². The molecule has 1 aromatic carbocycles. The van der Waals surface area contributed by atoms with Crippen LogP contribution in [0.2, 0.25) is 0 Å². The summed E-state index contributed by atoms with van der Waals surface area (Å²) in [5.41, 5.74) is -1.63. The Hall–Kier alpha value is -1.79. The van der Waals surface area contributed by atoms with Crippen LogP contribution < -0.4 is 4.42 Å². The molecule has 0 spiro atoms. The van der Waals surface area contributed by atoms with Gasteiger partial charge in [0.2, 0.25) is 0 Å². The second-order valence-corrected chi connectivity index (χ2v) is 5.98. The maximum absolute atomic E-state index is 14.3. The van der Waals surface area contributed by atoms with Crippen molar-refractivity contribution >= 4 is 23.2 Å². The van der Waals surface area contributed by atoms with Crippen molar-refractivity contribution in [2.24, 2.45) is 0 Å². The molecule has 1 unspecified atom stereocenters. The second kappa shape index (κ2) is 6.26. The van der Waals surface area contributed by atoms with Gasteiger partial charge in [0.1, 0.15) is 5.41 Å². The topological polar surface area (TPSA) is 25.4 Å². The van der Waals surface area contributed by atoms with Crippen LogP contribution in [0.1, 0.15) is 24.5 Å². The van der Waals surface area contributed by atoms with Gasteiger partial charge in [-0.1, -0.05) is 25.1 Å². The van der Waals surface area contributed by atoms with Crippen LogP contribution in [0, 0.1) is 0 Å². The third-order valence-electron chi connectivity index (χ3n) is 4.20. The average molecular weight is 357 g/mol. The zero-order valence-electron chi connectivity index (χ0n) is 13.0. The van der Waals surface area contributed by atoms with Crippen molar-refractivity contribution < 1.29 is 17.9 Å². The molecule has 0 bridgehead atoms. The zero-order chi connectivity index (χ0) is 17.4. The summed E-state index contributed by atoms with van der Waals surface area (Å²) in [6.07, 6.45) is -1.22. The molecule has 2 heterocycles. The molecular formula is C17H16ClF3N2O. The molecule has 3 rings (SSSR count). The molecule has 0 saturated carbocycles. The van der Waals surface area contributed by atoms with Crippen molar-refractivity contribution in [1.82, 2.24) is 4.98 Å². The summed E-state index contributed by atoms with van der Waals surface area (Å²) >= 11 is 6.30. The van der Waals surface area contributed by atoms with Gasteiger partial charge in [-0.2, -0.15) is 13.2 Å². The molecule has 0 fully saturated rings. The lowest BCUT2D eigenvalue weighted by Crippen LogP contribution is -2.50. The fourth-order valence-electron chi connectivity index (χ4n) is 3.10. The number of hydrogen-bond acceptors (Lipinski definition) is 3. The third kappa shape index (κ3) is 2.45. The minimum absolute atomic E-state index is 0.0507. The monoisotopic (exact) mass is 356 g/mol. The third-order valence-corrected chi connectivity index (χ3v) is 4.56. The number of pyridine rings is 1. The van der Waals surface area contributed by atoms with Gasteiger partial charge in [0, 0.05) is 30.1 Å². The normalized spacial score (nSPS) is 19.8. The molecule has 0 saturated heterocycles. The van der Waals surface area contributed by atoms with E-state index >= 15 is 0 Å². The lowest BCUT2D eigenvalue weighted by Gasteiger charge is -2.43. The van der Waals surface area contributed by atoms with Crippen LogP contribution in [-0.4, -0.2) is 24.4 Å². The standard InChI is InChI=1S/C17H16ClF3N2O/c1-2-9-24-11-16(17(19,20)21)12-5-3-4-6-14(12)23(18)15-10-22-8-7-13(15)16/h3-8,10H,2,9,11H2,1H3. The van der Waals surface area contributed by atoms with Crippen molar-refractivity contribution in [2.75, 3.05) is 17.6 Å². The van der Waals surface area contributed by atoms with E-state index < -0.39 is 18.2 Å². The number of ether oxygens (including phenoxy) is 1. The highest BCUT2D eigenvalue weighted by Crippen LogP contribution is 2.56. The molecule has 1 atom stereocenters. The molecule has 1 aliphatic heterocycles. The Balaban J connectivity index is 2.29. The number of nitrogens with zero attached hydrogens (tertiary/aromatic N) is 2. The van der Waals surface area contributed by atoms with Crippen LogP contribution in [-0.2, 0) is 10.2 Å². The summed E-state index contributed by atoms with van der Waals surface area (Å²) in [6, 6.07) is 7.62. The van der Waals surface area contributed by atoms with Crippen molar-refractivity contribution in [3.63, 3.8) is 0 Å². The molecular weight excluding hydrogens is 341 g/mol. The Morgan fingerprint density at radius 1 is 1.17 bits per heavy atom. The number of hydrogen-bond donors (Lipinski definition) is 0. The maximum atomic E-state index is 14.3. The summed E-state index contributed by atoms with van der Waals surface area (Å²) in [7, 11) is 0. The summed E-state index contributed by atoms with van der Waals surface area (Å²) in [4.78, 5) is 3.93. The van der Waals surface area contributed by atoms with E-state index in [1.165, 1.54) is 28.9 Å². The maximum Gasteiger partial charge on any atom is 0.404 e. The number of alkyl halides is 3. The van der Waals surface area contributed by atoms with E-state index in [-0.39, 0.29) is 29.1 Å². The number of benzene rings is 1. The van der Waals surface area contributed by atoms with Gasteiger partial charge in [0.25, 0.3) is 0 Å². The molecule has 0 amide bonds. The van der Waals surface area contributed by atoms with Crippen LogP contribution >= 0.6 is 11.8 Å². The Morgan fingerprint density at radius 2 is 1.88 bits per heavy atom. The van der Waals surface area contributed by atoms with E-state index in [9.17, 15) is 13.2 Å². The van der Waals surface area contributed by atoms with E-state index in [4.69, 9.17) is 16.5 Å². The van der Waals surface area contributed by atoms with Crippen molar-refractivity contribution in [3.05, 3.63) is 53.9 Å². The summed E-state index contributed by atoms with van der Waals surface area (Å²) in [5, 5.41) is 0. The largest absolute Gasteiger partial charge is 0.404 e. The number of aromatic nitrogens is 1. The minimum atomic E-state index is -4.55. The first-order valence-electron chi connectivity index (χ1n) is 7.58. The minimum Gasteiger partial charge on any atom is -0.380 e. The highest BCUT2D eigenvalue weighted by molar-refractivity contribution is 6.30. The van der Waals surface area contributed by atoms with E-state index in [1.807, 2.05) is 6.92 Å². The van der Waals surface area contributed by atoms with Gasteiger partial charge in [0.05, 0.1) is 24.2 Å². The predicted molar refractivity (Wildman–Crippen MR) is 86.6 cm³/mol. The predicted octanol–water partition coefficient (Wildman–Crippen LogP) is 4.96. The Bertz CT molecular complexity index is 688. The van der Waals surface area contributed by atoms with Crippen LogP contribution in [0.3, 0.4) is 0 Å². The van der Waals surface area contributed by atoms with E-state index in [0.717, 1.165) is 0 Å². The average Bonchev–Trinajstić information content (AvgIpc) is 2.57. The van der Waals surface area contributed by atoms with Crippen LogP contribution in [0.5, 0.6) is 0 Å². The molecule has 0 radical (unpaired) electrons. The number of para-hydroxylation sites is 1. The Morgan fingerprint density at radius 3 is 2.58 bits per heavy atom. The van der Waals surface area contributed by atoms with Crippen LogP contribution in [0.15, 0.2) is 42.7 Å². The highest BCUT2D eigenvalue weighted by Gasteiger charge is 2.61. The first kappa shape index (κ1) is 17.0. The molecule has 1 aromatic heterocycles. The van der Waals surface area contributed by atoms with Gasteiger partial charge in [-0.25, -0.2) is 0 Å². The zero-order valence-corrected chi connectivity index (χ0v) is 13.7. The first-order chi connectivity index (χ1) is 11.4. The van der Waals surface area contributed by atoms with Gasteiger partial charge >= 0.3 is 6.18 Å². The Kier molecular flexibility index (Phi) is 4.44.